The molecule has 282 valence electrons. The van der Waals surface area contributed by atoms with Gasteiger partial charge in [0.25, 0.3) is 0 Å². The second-order valence-corrected chi connectivity index (χ2v) is 13.5. The first kappa shape index (κ1) is 42.1. The highest BCUT2D eigenvalue weighted by Gasteiger charge is 2.14. The monoisotopic (exact) mass is 712 g/mol. The molecule has 0 aliphatic carbocycles. The number of carbonyl (C=O) groups excluding carboxylic acids is 3. The van der Waals surface area contributed by atoms with Crippen LogP contribution in [0.15, 0.2) is 77.0 Å². The van der Waals surface area contributed by atoms with E-state index >= 15 is 0 Å². The van der Waals surface area contributed by atoms with Crippen molar-refractivity contribution in [1.29, 1.82) is 0 Å². The predicted octanol–water partition coefficient (Wildman–Crippen LogP) is 13.1. The Morgan fingerprint density at radius 2 is 1.02 bits per heavy atom. The summed E-state index contributed by atoms with van der Waals surface area (Å²) in [4.78, 5) is 37.4. The first-order valence-electron chi connectivity index (χ1n) is 19.7. The van der Waals surface area contributed by atoms with Crippen molar-refractivity contribution in [3.63, 3.8) is 0 Å². The molecule has 0 atom stereocenters. The first-order chi connectivity index (χ1) is 25.4. The second kappa shape index (κ2) is 25.6. The molecular weight excluding hydrogens is 652 g/mol. The fourth-order valence-electron chi connectivity index (χ4n) is 5.81. The summed E-state index contributed by atoms with van der Waals surface area (Å²) in [6.45, 7) is 6.76. The van der Waals surface area contributed by atoms with E-state index in [4.69, 9.17) is 14.2 Å². The van der Waals surface area contributed by atoms with Gasteiger partial charge in [-0.1, -0.05) is 117 Å². The molecule has 0 fully saturated rings. The highest BCUT2D eigenvalue weighted by molar-refractivity contribution is 5.99. The van der Waals surface area contributed by atoms with Crippen LogP contribution in [0.1, 0.15) is 167 Å². The fourth-order valence-corrected chi connectivity index (χ4v) is 5.81. The smallest absolute Gasteiger partial charge is 0.343 e. The largest absolute Gasteiger partial charge is 0.494 e. The van der Waals surface area contributed by atoms with Crippen LogP contribution in [0.3, 0.4) is 0 Å². The number of benzene rings is 3. The topological polar surface area (TPSA) is 104 Å². The Balaban J connectivity index is 1.33. The van der Waals surface area contributed by atoms with Gasteiger partial charge in [0.1, 0.15) is 11.5 Å². The summed E-state index contributed by atoms with van der Waals surface area (Å²) < 4.78 is 16.7. The number of rotatable bonds is 27. The van der Waals surface area contributed by atoms with Crippen LogP contribution in [-0.2, 0) is 4.74 Å². The molecule has 0 spiro atoms. The molecule has 3 rings (SSSR count). The summed E-state index contributed by atoms with van der Waals surface area (Å²) in [6, 6.07) is 18.1. The molecular formula is C44H60N2O6. The lowest BCUT2D eigenvalue weighted by molar-refractivity contribution is 0.0499. The molecule has 0 bridgehead atoms. The molecule has 3 aromatic carbocycles. The zero-order valence-corrected chi connectivity index (χ0v) is 31.8. The number of Topliss-reactive ketones (excluding diaryl/α,β-unsaturated/α-hetero) is 1. The average Bonchev–Trinajstić information content (AvgIpc) is 3.16. The third-order valence-electron chi connectivity index (χ3n) is 9.02. The van der Waals surface area contributed by atoms with Gasteiger partial charge in [0.05, 0.1) is 35.7 Å². The van der Waals surface area contributed by atoms with Crippen LogP contribution in [0.5, 0.6) is 11.5 Å². The van der Waals surface area contributed by atoms with Gasteiger partial charge < -0.3 is 14.2 Å². The Bertz CT molecular complexity index is 1500. The van der Waals surface area contributed by atoms with Crippen molar-refractivity contribution in [2.24, 2.45) is 10.2 Å². The molecule has 0 N–H and O–H groups in total. The molecule has 0 aliphatic rings. The van der Waals surface area contributed by atoms with Gasteiger partial charge in [-0.2, -0.15) is 5.11 Å². The Morgan fingerprint density at radius 1 is 0.519 bits per heavy atom. The van der Waals surface area contributed by atoms with Gasteiger partial charge in [0.2, 0.25) is 0 Å². The van der Waals surface area contributed by atoms with Gasteiger partial charge in [0, 0.05) is 5.56 Å². The first-order valence-corrected chi connectivity index (χ1v) is 19.7. The minimum atomic E-state index is -0.540. The van der Waals surface area contributed by atoms with Crippen LogP contribution in [0, 0.1) is 0 Å². The number of hydrogen-bond acceptors (Lipinski definition) is 8. The normalized spacial score (nSPS) is 11.1. The van der Waals surface area contributed by atoms with E-state index in [-0.39, 0.29) is 23.1 Å². The minimum Gasteiger partial charge on any atom is -0.494 e. The lowest BCUT2D eigenvalue weighted by Gasteiger charge is -2.09. The van der Waals surface area contributed by atoms with Crippen molar-refractivity contribution in [2.45, 2.75) is 136 Å². The summed E-state index contributed by atoms with van der Waals surface area (Å²) >= 11 is 0. The van der Waals surface area contributed by atoms with E-state index in [9.17, 15) is 14.4 Å². The van der Waals surface area contributed by atoms with Gasteiger partial charge in [-0.05, 0) is 86.5 Å². The maximum Gasteiger partial charge on any atom is 0.343 e. The molecule has 52 heavy (non-hydrogen) atoms. The summed E-state index contributed by atoms with van der Waals surface area (Å²) in [5.74, 6) is -0.230. The van der Waals surface area contributed by atoms with E-state index < -0.39 is 5.97 Å². The Hall–Kier alpha value is -4.33. The van der Waals surface area contributed by atoms with Crippen LogP contribution in [-0.4, -0.2) is 30.9 Å². The summed E-state index contributed by atoms with van der Waals surface area (Å²) in [5, 5.41) is 8.44. The fraction of sp³-hybridized carbons (Fsp3) is 0.523. The zero-order valence-electron chi connectivity index (χ0n) is 31.8. The van der Waals surface area contributed by atoms with Crippen molar-refractivity contribution in [3.8, 4) is 11.5 Å². The van der Waals surface area contributed by atoms with E-state index in [0.717, 1.165) is 25.7 Å². The Morgan fingerprint density at radius 3 is 1.58 bits per heavy atom. The summed E-state index contributed by atoms with van der Waals surface area (Å²) in [6.07, 6.45) is 23.1. The second-order valence-electron chi connectivity index (χ2n) is 13.5. The molecule has 0 saturated heterocycles. The molecule has 0 saturated carbocycles. The third kappa shape index (κ3) is 16.8. The number of hydrogen-bond donors (Lipinski definition) is 0. The number of azo groups is 1. The number of ether oxygens (including phenoxy) is 3. The van der Waals surface area contributed by atoms with Crippen LogP contribution < -0.4 is 9.47 Å². The Kier molecular flexibility index (Phi) is 20.7. The third-order valence-corrected chi connectivity index (χ3v) is 9.02. The quantitative estimate of drug-likeness (QED) is 0.0256. The van der Waals surface area contributed by atoms with Gasteiger partial charge in [-0.25, -0.2) is 9.59 Å². The number of ketones is 1. The van der Waals surface area contributed by atoms with Gasteiger partial charge in [-0.15, -0.1) is 5.11 Å². The lowest BCUT2D eigenvalue weighted by atomic mass is 10.0. The summed E-state index contributed by atoms with van der Waals surface area (Å²) in [5.41, 5.74) is 1.91. The van der Waals surface area contributed by atoms with Crippen LogP contribution >= 0.6 is 0 Å². The van der Waals surface area contributed by atoms with E-state index in [1.54, 1.807) is 60.7 Å². The maximum absolute atomic E-state index is 12.9. The molecule has 0 heterocycles. The maximum atomic E-state index is 12.9. The zero-order chi connectivity index (χ0) is 37.2. The standard InChI is InChI=1S/C44H60N2O6/c1-4-6-8-9-10-11-12-13-14-15-16-17-18-19-20-21-33-50-39-28-24-37(25-29-39)44(49)52-40-30-31-42(41(34-40)35(3)47)46-45-38-26-22-36(23-27-38)43(48)51-32-7-5-2/h22-31,34H,4-21,32-33H2,1-3H3. The number of carbonyl (C=O) groups is 3. The van der Waals surface area contributed by atoms with E-state index in [2.05, 4.69) is 17.2 Å². The van der Waals surface area contributed by atoms with Gasteiger partial charge >= 0.3 is 11.9 Å². The SMILES string of the molecule is CCCCCCCCCCCCCCCCCCOc1ccc(C(=O)Oc2ccc(N=Nc3ccc(C(=O)OCCCC)cc3)c(C(C)=O)c2)cc1. The highest BCUT2D eigenvalue weighted by atomic mass is 16.5. The number of unbranched alkanes of at least 4 members (excludes halogenated alkanes) is 16. The van der Waals surface area contributed by atoms with Crippen molar-refractivity contribution in [3.05, 3.63) is 83.4 Å². The molecule has 8 heteroatoms. The van der Waals surface area contributed by atoms with Crippen molar-refractivity contribution in [1.82, 2.24) is 0 Å². The molecule has 0 aromatic heterocycles. The van der Waals surface area contributed by atoms with Crippen molar-refractivity contribution >= 4 is 29.1 Å². The average molecular weight is 713 g/mol. The van der Waals surface area contributed by atoms with Crippen molar-refractivity contribution in [2.75, 3.05) is 13.2 Å². The molecule has 0 amide bonds. The van der Waals surface area contributed by atoms with E-state index in [0.29, 0.717) is 41.5 Å². The van der Waals surface area contributed by atoms with Crippen LogP contribution in [0.2, 0.25) is 0 Å². The van der Waals surface area contributed by atoms with E-state index in [1.807, 2.05) is 6.92 Å². The predicted molar refractivity (Wildman–Crippen MR) is 209 cm³/mol. The molecule has 8 nitrogen and oxygen atoms in total. The van der Waals surface area contributed by atoms with Gasteiger partial charge in [-0.3, -0.25) is 4.79 Å². The molecule has 3 aromatic rings. The summed E-state index contributed by atoms with van der Waals surface area (Å²) in [7, 11) is 0. The van der Waals surface area contributed by atoms with Gasteiger partial charge in [0.15, 0.2) is 5.78 Å². The minimum absolute atomic E-state index is 0.226. The van der Waals surface area contributed by atoms with E-state index in [1.165, 1.54) is 103 Å². The number of esters is 2. The lowest BCUT2D eigenvalue weighted by Crippen LogP contribution is -2.09. The van der Waals surface area contributed by atoms with Crippen LogP contribution in [0.4, 0.5) is 11.4 Å². The molecule has 0 aliphatic heterocycles. The number of nitrogens with zero attached hydrogens (tertiary/aromatic N) is 2. The Labute approximate surface area is 311 Å². The molecule has 0 radical (unpaired) electrons. The molecule has 0 unspecified atom stereocenters. The van der Waals surface area contributed by atoms with Crippen LogP contribution in [0.25, 0.3) is 0 Å². The highest BCUT2D eigenvalue weighted by Crippen LogP contribution is 2.28. The van der Waals surface area contributed by atoms with Crippen molar-refractivity contribution < 1.29 is 28.6 Å².